The first-order chi connectivity index (χ1) is 9.65. The van der Waals surface area contributed by atoms with Crippen LogP contribution in [0.1, 0.15) is 45.4 Å². The van der Waals surface area contributed by atoms with Gasteiger partial charge in [-0.3, -0.25) is 4.79 Å². The maximum Gasteiger partial charge on any atom is 0.224 e. The summed E-state index contributed by atoms with van der Waals surface area (Å²) in [7, 11) is 0. The average Bonchev–Trinajstić information content (AvgIpc) is 2.46. The fourth-order valence-corrected chi connectivity index (χ4v) is 2.86. The van der Waals surface area contributed by atoms with Crippen molar-refractivity contribution in [3.8, 4) is 0 Å². The first-order valence-electron chi connectivity index (χ1n) is 7.91. The molecule has 2 unspecified atom stereocenters. The molecule has 0 aromatic carbocycles. The van der Waals surface area contributed by atoms with Crippen molar-refractivity contribution in [1.82, 2.24) is 4.90 Å². The topological polar surface area (TPSA) is 64.8 Å². The molecule has 1 amide bonds. The van der Waals surface area contributed by atoms with E-state index < -0.39 is 0 Å². The number of carbonyl (C=O) groups excluding carboxylic acids is 1. The molecule has 2 heterocycles. The van der Waals surface area contributed by atoms with Gasteiger partial charge in [-0.2, -0.15) is 0 Å². The molecule has 2 rings (SSSR count). The normalized spacial score (nSPS) is 25.2. The summed E-state index contributed by atoms with van der Waals surface area (Å²) < 4.78 is 11.6. The summed E-state index contributed by atoms with van der Waals surface area (Å²) in [5.41, 5.74) is 5.67. The molecule has 2 saturated heterocycles. The molecular formula is C15H29ClN2O3. The van der Waals surface area contributed by atoms with Gasteiger partial charge in [-0.1, -0.05) is 0 Å². The van der Waals surface area contributed by atoms with Crippen LogP contribution in [0.3, 0.4) is 0 Å². The molecule has 6 heteroatoms. The van der Waals surface area contributed by atoms with Crippen LogP contribution >= 0.6 is 12.4 Å². The highest BCUT2D eigenvalue weighted by Gasteiger charge is 2.24. The largest absolute Gasteiger partial charge is 0.376 e. The van der Waals surface area contributed by atoms with Crippen LogP contribution in [0.25, 0.3) is 0 Å². The Morgan fingerprint density at radius 1 is 1.33 bits per heavy atom. The van der Waals surface area contributed by atoms with E-state index in [1.165, 1.54) is 12.8 Å². The lowest BCUT2D eigenvalue weighted by molar-refractivity contribution is -0.135. The van der Waals surface area contributed by atoms with Crippen LogP contribution in [0, 0.1) is 0 Å². The summed E-state index contributed by atoms with van der Waals surface area (Å²) in [6, 6.07) is -0.0556. The molecule has 21 heavy (non-hydrogen) atoms. The number of nitrogens with two attached hydrogens (primary N) is 1. The van der Waals surface area contributed by atoms with Gasteiger partial charge in [0.05, 0.1) is 18.8 Å². The molecule has 0 saturated carbocycles. The molecule has 0 radical (unpaired) electrons. The van der Waals surface area contributed by atoms with E-state index >= 15 is 0 Å². The van der Waals surface area contributed by atoms with E-state index in [9.17, 15) is 4.79 Å². The number of amides is 1. The number of carbonyl (C=O) groups is 1. The lowest BCUT2D eigenvalue weighted by Crippen LogP contribution is -2.43. The fourth-order valence-electron chi connectivity index (χ4n) is 2.86. The third kappa shape index (κ3) is 6.51. The van der Waals surface area contributed by atoms with Crippen LogP contribution in [-0.2, 0) is 14.3 Å². The number of ether oxygens (including phenoxy) is 2. The van der Waals surface area contributed by atoms with Crippen LogP contribution in [0.4, 0.5) is 0 Å². The summed E-state index contributed by atoms with van der Waals surface area (Å²) in [5.74, 6) is 0.175. The van der Waals surface area contributed by atoms with Crippen molar-refractivity contribution in [2.75, 3.05) is 26.3 Å². The zero-order valence-electron chi connectivity index (χ0n) is 13.0. The molecule has 2 aliphatic rings. The molecule has 2 aliphatic heterocycles. The first-order valence-corrected chi connectivity index (χ1v) is 7.91. The Morgan fingerprint density at radius 2 is 2.05 bits per heavy atom. The number of rotatable bonds is 5. The van der Waals surface area contributed by atoms with Gasteiger partial charge >= 0.3 is 0 Å². The molecular weight excluding hydrogens is 292 g/mol. The summed E-state index contributed by atoms with van der Waals surface area (Å²) >= 11 is 0. The van der Waals surface area contributed by atoms with Crippen molar-refractivity contribution in [2.24, 2.45) is 5.73 Å². The molecule has 2 N–H and O–H groups in total. The number of piperidine rings is 1. The predicted molar refractivity (Wildman–Crippen MR) is 84.7 cm³/mol. The van der Waals surface area contributed by atoms with Gasteiger partial charge < -0.3 is 20.1 Å². The maximum atomic E-state index is 11.9. The van der Waals surface area contributed by atoms with E-state index in [0.29, 0.717) is 13.0 Å². The highest BCUT2D eigenvalue weighted by Crippen LogP contribution is 2.18. The summed E-state index contributed by atoms with van der Waals surface area (Å²) in [5, 5.41) is 0. The Hall–Kier alpha value is -0.360. The van der Waals surface area contributed by atoms with E-state index in [4.69, 9.17) is 15.2 Å². The highest BCUT2D eigenvalue weighted by atomic mass is 35.5. The quantitative estimate of drug-likeness (QED) is 0.837. The third-order valence-electron chi connectivity index (χ3n) is 4.08. The van der Waals surface area contributed by atoms with Gasteiger partial charge in [-0.15, -0.1) is 12.4 Å². The third-order valence-corrected chi connectivity index (χ3v) is 4.08. The van der Waals surface area contributed by atoms with E-state index in [1.54, 1.807) is 0 Å². The molecule has 5 nitrogen and oxygen atoms in total. The zero-order chi connectivity index (χ0) is 14.4. The lowest BCUT2D eigenvalue weighted by Gasteiger charge is -2.33. The Kier molecular flexibility index (Phi) is 8.56. The van der Waals surface area contributed by atoms with Gasteiger partial charge in [-0.25, -0.2) is 0 Å². The van der Waals surface area contributed by atoms with E-state index in [1.807, 2.05) is 11.8 Å². The summed E-state index contributed by atoms with van der Waals surface area (Å²) in [6.07, 6.45) is 6.40. The van der Waals surface area contributed by atoms with Crippen molar-refractivity contribution in [3.63, 3.8) is 0 Å². The number of likely N-dealkylation sites (tertiary alicyclic amines) is 1. The Balaban J connectivity index is 0.00000220. The number of halogens is 1. The van der Waals surface area contributed by atoms with Crippen molar-refractivity contribution >= 4 is 18.3 Å². The van der Waals surface area contributed by atoms with E-state index in [2.05, 4.69) is 0 Å². The van der Waals surface area contributed by atoms with Crippen molar-refractivity contribution < 1.29 is 14.3 Å². The van der Waals surface area contributed by atoms with Crippen molar-refractivity contribution in [1.29, 1.82) is 0 Å². The highest BCUT2D eigenvalue weighted by molar-refractivity contribution is 5.85. The summed E-state index contributed by atoms with van der Waals surface area (Å²) in [4.78, 5) is 13.8. The number of nitrogens with zero attached hydrogens (tertiary/aromatic N) is 1. The zero-order valence-corrected chi connectivity index (χ0v) is 13.8. The van der Waals surface area contributed by atoms with E-state index in [0.717, 1.165) is 39.0 Å². The van der Waals surface area contributed by atoms with E-state index in [-0.39, 0.29) is 36.6 Å². The first kappa shape index (κ1) is 18.7. The minimum Gasteiger partial charge on any atom is -0.376 e. The standard InChI is InChI=1S/C15H28N2O3.ClH/c1-12(16)10-15(18)17-7-5-13(6-8-17)20-11-14-4-2-3-9-19-14;/h12-14H,2-11,16H2,1H3;1H. The van der Waals surface area contributed by atoms with Crippen LogP contribution in [0.5, 0.6) is 0 Å². The Morgan fingerprint density at radius 3 is 2.62 bits per heavy atom. The van der Waals surface area contributed by atoms with Gasteiger partial charge in [-0.05, 0) is 39.0 Å². The van der Waals surface area contributed by atoms with Gasteiger partial charge in [0.15, 0.2) is 0 Å². The smallest absolute Gasteiger partial charge is 0.224 e. The van der Waals surface area contributed by atoms with Gasteiger partial charge in [0, 0.05) is 32.2 Å². The molecule has 0 bridgehead atoms. The molecule has 0 aromatic rings. The van der Waals surface area contributed by atoms with Gasteiger partial charge in [0.25, 0.3) is 0 Å². The molecule has 2 atom stereocenters. The predicted octanol–water partition coefficient (Wildman–Crippen LogP) is 1.72. The minimum absolute atomic E-state index is 0. The van der Waals surface area contributed by atoms with Crippen molar-refractivity contribution in [2.45, 2.75) is 63.7 Å². The molecule has 0 aromatic heterocycles. The van der Waals surface area contributed by atoms with Gasteiger partial charge in [0.1, 0.15) is 0 Å². The average molecular weight is 321 g/mol. The van der Waals surface area contributed by atoms with Gasteiger partial charge in [0.2, 0.25) is 5.91 Å². The second kappa shape index (κ2) is 9.62. The van der Waals surface area contributed by atoms with Crippen LogP contribution < -0.4 is 5.73 Å². The monoisotopic (exact) mass is 320 g/mol. The molecule has 0 spiro atoms. The lowest BCUT2D eigenvalue weighted by atomic mass is 10.1. The van der Waals surface area contributed by atoms with Crippen LogP contribution in [0.2, 0.25) is 0 Å². The van der Waals surface area contributed by atoms with Crippen LogP contribution in [0.15, 0.2) is 0 Å². The molecule has 0 aliphatic carbocycles. The number of hydrogen-bond acceptors (Lipinski definition) is 4. The van der Waals surface area contributed by atoms with Crippen molar-refractivity contribution in [3.05, 3.63) is 0 Å². The second-order valence-corrected chi connectivity index (χ2v) is 6.08. The Labute approximate surface area is 133 Å². The molecule has 2 fully saturated rings. The number of hydrogen-bond donors (Lipinski definition) is 1. The summed E-state index contributed by atoms with van der Waals surface area (Å²) in [6.45, 7) is 5.04. The fraction of sp³-hybridized carbons (Fsp3) is 0.933. The molecule has 124 valence electrons. The minimum atomic E-state index is -0.0556. The second-order valence-electron chi connectivity index (χ2n) is 6.08. The Bertz CT molecular complexity index is 301. The van der Waals surface area contributed by atoms with Crippen LogP contribution in [-0.4, -0.2) is 55.4 Å². The maximum absolute atomic E-state index is 11.9. The SMILES string of the molecule is CC(N)CC(=O)N1CCC(OCC2CCCCO2)CC1.Cl.